The van der Waals surface area contributed by atoms with Crippen molar-refractivity contribution in [1.82, 2.24) is 4.31 Å². The standard InChI is InChI=1S/C24H24F2N2O3S2/c1-17-4-7-21(8-5-17)33(30,31)27-12-10-18(11-13-27)24(29)28(16-20-3-2-14-32-20)23-9-6-19(25)15-22(23)26/h2-9,14-15,18H,10-13,16H2,1H3. The molecule has 1 aliphatic heterocycles. The minimum atomic E-state index is -3.64. The molecule has 0 saturated carbocycles. The largest absolute Gasteiger partial charge is 0.304 e. The molecule has 1 aromatic heterocycles. The molecule has 0 atom stereocenters. The van der Waals surface area contributed by atoms with Gasteiger partial charge < -0.3 is 4.90 Å². The number of hydrogen-bond acceptors (Lipinski definition) is 4. The van der Waals surface area contributed by atoms with Crippen LogP contribution in [0.4, 0.5) is 14.5 Å². The third-order valence-corrected chi connectivity index (χ3v) is 8.60. The van der Waals surface area contributed by atoms with Crippen LogP contribution in [-0.4, -0.2) is 31.7 Å². The second kappa shape index (κ2) is 9.70. The van der Waals surface area contributed by atoms with Gasteiger partial charge in [0, 0.05) is 30.0 Å². The van der Waals surface area contributed by atoms with Crippen molar-refractivity contribution in [3.63, 3.8) is 0 Å². The van der Waals surface area contributed by atoms with Crippen molar-refractivity contribution >= 4 is 33.0 Å². The quantitative estimate of drug-likeness (QED) is 0.490. The Morgan fingerprint density at radius 3 is 2.39 bits per heavy atom. The van der Waals surface area contributed by atoms with Gasteiger partial charge in [-0.25, -0.2) is 17.2 Å². The number of amides is 1. The zero-order valence-corrected chi connectivity index (χ0v) is 19.7. The number of carbonyl (C=O) groups is 1. The summed E-state index contributed by atoms with van der Waals surface area (Å²) in [6, 6.07) is 13.5. The van der Waals surface area contributed by atoms with Crippen LogP contribution in [0.2, 0.25) is 0 Å². The number of benzene rings is 2. The Balaban J connectivity index is 1.51. The maximum absolute atomic E-state index is 14.6. The van der Waals surface area contributed by atoms with Crippen LogP contribution in [0, 0.1) is 24.5 Å². The maximum atomic E-state index is 14.6. The third-order valence-electron chi connectivity index (χ3n) is 5.82. The van der Waals surface area contributed by atoms with E-state index in [9.17, 15) is 22.0 Å². The van der Waals surface area contributed by atoms with Crippen molar-refractivity contribution in [2.24, 2.45) is 5.92 Å². The van der Waals surface area contributed by atoms with E-state index in [1.807, 2.05) is 24.4 Å². The van der Waals surface area contributed by atoms with Crippen LogP contribution in [0.3, 0.4) is 0 Å². The van der Waals surface area contributed by atoms with Crippen LogP contribution < -0.4 is 4.90 Å². The van der Waals surface area contributed by atoms with Gasteiger partial charge in [-0.2, -0.15) is 4.31 Å². The minimum Gasteiger partial charge on any atom is -0.304 e. The van der Waals surface area contributed by atoms with Crippen molar-refractivity contribution in [2.75, 3.05) is 18.0 Å². The maximum Gasteiger partial charge on any atom is 0.243 e. The summed E-state index contributed by atoms with van der Waals surface area (Å²) in [5, 5.41) is 1.87. The Kier molecular flexibility index (Phi) is 6.92. The highest BCUT2D eigenvalue weighted by Gasteiger charge is 2.35. The Morgan fingerprint density at radius 1 is 1.09 bits per heavy atom. The SMILES string of the molecule is Cc1ccc(S(=O)(=O)N2CCC(C(=O)N(Cc3cccs3)c3ccc(F)cc3F)CC2)cc1. The summed E-state index contributed by atoms with van der Waals surface area (Å²) >= 11 is 1.44. The van der Waals surface area contributed by atoms with Crippen LogP contribution in [-0.2, 0) is 21.4 Å². The van der Waals surface area contributed by atoms with Gasteiger partial charge in [0.05, 0.1) is 17.1 Å². The number of thiophene rings is 1. The molecule has 0 aliphatic carbocycles. The van der Waals surface area contributed by atoms with Gasteiger partial charge in [0.1, 0.15) is 11.6 Å². The average molecular weight is 491 g/mol. The van der Waals surface area contributed by atoms with Crippen molar-refractivity contribution in [1.29, 1.82) is 0 Å². The van der Waals surface area contributed by atoms with Gasteiger partial charge in [0.25, 0.3) is 0 Å². The van der Waals surface area contributed by atoms with E-state index < -0.39 is 27.6 Å². The van der Waals surface area contributed by atoms with E-state index in [1.54, 1.807) is 24.3 Å². The van der Waals surface area contributed by atoms with Crippen LogP contribution >= 0.6 is 11.3 Å². The zero-order valence-electron chi connectivity index (χ0n) is 18.1. The van der Waals surface area contributed by atoms with E-state index in [0.717, 1.165) is 22.6 Å². The van der Waals surface area contributed by atoms with Gasteiger partial charge >= 0.3 is 0 Å². The molecule has 5 nitrogen and oxygen atoms in total. The summed E-state index contributed by atoms with van der Waals surface area (Å²) in [5.74, 6) is -2.27. The Labute approximate surface area is 196 Å². The van der Waals surface area contributed by atoms with Crippen LogP contribution in [0.1, 0.15) is 23.3 Å². The van der Waals surface area contributed by atoms with Crippen LogP contribution in [0.15, 0.2) is 64.9 Å². The predicted molar refractivity (Wildman–Crippen MR) is 125 cm³/mol. The predicted octanol–water partition coefficient (Wildman–Crippen LogP) is 4.97. The molecule has 4 rings (SSSR count). The lowest BCUT2D eigenvalue weighted by Gasteiger charge is -2.33. The summed E-state index contributed by atoms with van der Waals surface area (Å²) in [7, 11) is -3.64. The van der Waals surface area contributed by atoms with Gasteiger partial charge in [-0.05, 0) is 55.5 Å². The summed E-state index contributed by atoms with van der Waals surface area (Å²) in [4.78, 5) is 15.9. The van der Waals surface area contributed by atoms with E-state index >= 15 is 0 Å². The molecule has 0 radical (unpaired) electrons. The number of anilines is 1. The molecule has 0 N–H and O–H groups in total. The zero-order chi connectivity index (χ0) is 23.6. The fourth-order valence-corrected chi connectivity index (χ4v) is 6.13. The van der Waals surface area contributed by atoms with E-state index in [0.29, 0.717) is 12.8 Å². The number of carbonyl (C=O) groups excluding carboxylic acids is 1. The van der Waals surface area contributed by atoms with E-state index in [4.69, 9.17) is 0 Å². The van der Waals surface area contributed by atoms with Crippen molar-refractivity contribution in [3.05, 3.63) is 82.1 Å². The van der Waals surface area contributed by atoms with Crippen molar-refractivity contribution in [3.8, 4) is 0 Å². The molecule has 3 aromatic rings. The molecule has 1 fully saturated rings. The molecular formula is C24H24F2N2O3S2. The highest BCUT2D eigenvalue weighted by atomic mass is 32.2. The minimum absolute atomic E-state index is 0.0181. The van der Waals surface area contributed by atoms with Crippen molar-refractivity contribution < 1.29 is 22.0 Å². The first-order valence-corrected chi connectivity index (χ1v) is 12.9. The lowest BCUT2D eigenvalue weighted by atomic mass is 9.96. The highest BCUT2D eigenvalue weighted by molar-refractivity contribution is 7.89. The fraction of sp³-hybridized carbons (Fsp3) is 0.292. The Morgan fingerprint density at radius 2 is 1.79 bits per heavy atom. The number of sulfonamides is 1. The summed E-state index contributed by atoms with van der Waals surface area (Å²) in [6.07, 6.45) is 0.654. The Hall–Kier alpha value is -2.62. The fourth-order valence-electron chi connectivity index (χ4n) is 3.96. The molecule has 2 heterocycles. The van der Waals surface area contributed by atoms with E-state index in [2.05, 4.69) is 0 Å². The first kappa shape index (κ1) is 23.5. The molecule has 1 amide bonds. The molecule has 0 spiro atoms. The smallest absolute Gasteiger partial charge is 0.243 e. The van der Waals surface area contributed by atoms with Gasteiger partial charge in [-0.3, -0.25) is 4.79 Å². The molecule has 1 saturated heterocycles. The normalized spacial score (nSPS) is 15.5. The molecule has 174 valence electrons. The lowest BCUT2D eigenvalue weighted by molar-refractivity contribution is -0.123. The lowest BCUT2D eigenvalue weighted by Crippen LogP contribution is -2.44. The number of hydrogen-bond donors (Lipinski definition) is 0. The second-order valence-corrected chi connectivity index (χ2v) is 11.1. The molecule has 0 unspecified atom stereocenters. The first-order valence-electron chi connectivity index (χ1n) is 10.6. The molecule has 33 heavy (non-hydrogen) atoms. The second-order valence-electron chi connectivity index (χ2n) is 8.09. The summed E-state index contributed by atoms with van der Waals surface area (Å²) < 4.78 is 55.4. The summed E-state index contributed by atoms with van der Waals surface area (Å²) in [6.45, 7) is 2.46. The first-order chi connectivity index (χ1) is 15.8. The van der Waals surface area contributed by atoms with Gasteiger partial charge in [0.2, 0.25) is 15.9 Å². The monoisotopic (exact) mass is 490 g/mol. The highest BCUT2D eigenvalue weighted by Crippen LogP contribution is 2.30. The van der Waals surface area contributed by atoms with Gasteiger partial charge in [-0.1, -0.05) is 23.8 Å². The van der Waals surface area contributed by atoms with Crippen LogP contribution in [0.5, 0.6) is 0 Å². The molecule has 1 aliphatic rings. The molecule has 9 heteroatoms. The molecule has 0 bridgehead atoms. The van der Waals surface area contributed by atoms with Crippen LogP contribution in [0.25, 0.3) is 0 Å². The number of rotatable bonds is 6. The summed E-state index contributed by atoms with van der Waals surface area (Å²) in [5.41, 5.74) is 0.988. The van der Waals surface area contributed by atoms with Gasteiger partial charge in [-0.15, -0.1) is 11.3 Å². The topological polar surface area (TPSA) is 57.7 Å². The average Bonchev–Trinajstić information content (AvgIpc) is 3.31. The van der Waals surface area contributed by atoms with Gasteiger partial charge in [0.15, 0.2) is 0 Å². The molecular weight excluding hydrogens is 466 g/mol. The number of halogens is 2. The number of nitrogens with zero attached hydrogens (tertiary/aromatic N) is 2. The Bertz CT molecular complexity index is 1220. The van der Waals surface area contributed by atoms with E-state index in [1.165, 1.54) is 26.6 Å². The molecule has 2 aromatic carbocycles. The number of aryl methyl sites for hydroxylation is 1. The van der Waals surface area contributed by atoms with E-state index in [-0.39, 0.29) is 36.1 Å². The third kappa shape index (κ3) is 5.15. The number of piperidine rings is 1. The van der Waals surface area contributed by atoms with Crippen molar-refractivity contribution in [2.45, 2.75) is 31.2 Å².